The zero-order chi connectivity index (χ0) is 14.0. The van der Waals surface area contributed by atoms with Gasteiger partial charge in [0.2, 0.25) is 0 Å². The molecule has 0 bridgehead atoms. The summed E-state index contributed by atoms with van der Waals surface area (Å²) in [6.45, 7) is 3.72. The molecule has 1 aliphatic rings. The van der Waals surface area contributed by atoms with Crippen molar-refractivity contribution in [3.05, 3.63) is 27.7 Å². The number of ether oxygens (including phenoxy) is 1. The van der Waals surface area contributed by atoms with Gasteiger partial charge in [0.05, 0.1) is 17.2 Å². The summed E-state index contributed by atoms with van der Waals surface area (Å²) in [5.41, 5.74) is 0.367. The van der Waals surface area contributed by atoms with E-state index in [0.29, 0.717) is 27.3 Å². The number of benzene rings is 1. The van der Waals surface area contributed by atoms with Gasteiger partial charge in [0.15, 0.2) is 5.75 Å². The van der Waals surface area contributed by atoms with Gasteiger partial charge in [-0.2, -0.15) is 0 Å². The molecule has 5 heteroatoms. The highest BCUT2D eigenvalue weighted by molar-refractivity contribution is 6.37. The monoisotopic (exact) mass is 301 g/mol. The van der Waals surface area contributed by atoms with Crippen molar-refractivity contribution >= 4 is 29.1 Å². The highest BCUT2D eigenvalue weighted by atomic mass is 35.5. The summed E-state index contributed by atoms with van der Waals surface area (Å²) < 4.78 is 5.23. The van der Waals surface area contributed by atoms with E-state index in [1.54, 1.807) is 12.1 Å². The van der Waals surface area contributed by atoms with Crippen LogP contribution < -0.4 is 4.74 Å². The van der Waals surface area contributed by atoms with Crippen LogP contribution in [0.4, 0.5) is 0 Å². The van der Waals surface area contributed by atoms with E-state index in [4.69, 9.17) is 27.9 Å². The second-order valence-electron chi connectivity index (χ2n) is 4.91. The second kappa shape index (κ2) is 6.02. The molecular weight excluding hydrogens is 285 g/mol. The highest BCUT2D eigenvalue weighted by Gasteiger charge is 2.26. The van der Waals surface area contributed by atoms with E-state index in [1.807, 2.05) is 4.90 Å². The van der Waals surface area contributed by atoms with E-state index in [0.717, 1.165) is 25.9 Å². The Morgan fingerprint density at radius 2 is 1.84 bits per heavy atom. The fraction of sp³-hybridized carbons (Fsp3) is 0.500. The molecule has 104 valence electrons. The molecular formula is C14H17Cl2NO2. The lowest BCUT2D eigenvalue weighted by Gasteiger charge is -2.31. The fourth-order valence-electron chi connectivity index (χ4n) is 2.30. The normalized spacial score (nSPS) is 16.5. The van der Waals surface area contributed by atoms with Crippen LogP contribution in [0.15, 0.2) is 12.1 Å². The first kappa shape index (κ1) is 14.5. The van der Waals surface area contributed by atoms with Gasteiger partial charge in [-0.05, 0) is 30.9 Å². The maximum Gasteiger partial charge on any atom is 0.259 e. The summed E-state index contributed by atoms with van der Waals surface area (Å²) in [6, 6.07) is 3.27. The number of methoxy groups -OCH3 is 1. The molecule has 1 heterocycles. The van der Waals surface area contributed by atoms with Crippen molar-refractivity contribution in [2.45, 2.75) is 19.8 Å². The Morgan fingerprint density at radius 1 is 1.26 bits per heavy atom. The standard InChI is InChI=1S/C14H17Cl2NO2/c1-9-5-7-17(8-6-9)14(18)12-10(15)3-4-11(16)13(12)19-2/h3-4,9H,5-8H2,1-2H3. The first-order valence-corrected chi connectivity index (χ1v) is 7.11. The van der Waals surface area contributed by atoms with Gasteiger partial charge in [-0.15, -0.1) is 0 Å². The molecule has 0 aromatic heterocycles. The number of nitrogens with zero attached hydrogens (tertiary/aromatic N) is 1. The molecule has 0 unspecified atom stereocenters. The summed E-state index contributed by atoms with van der Waals surface area (Å²) in [4.78, 5) is 14.4. The van der Waals surface area contributed by atoms with Gasteiger partial charge in [0.25, 0.3) is 5.91 Å². The maximum atomic E-state index is 12.6. The van der Waals surface area contributed by atoms with Crippen LogP contribution >= 0.6 is 23.2 Å². The van der Waals surface area contributed by atoms with Gasteiger partial charge < -0.3 is 9.64 Å². The molecule has 1 fully saturated rings. The minimum atomic E-state index is -0.101. The summed E-state index contributed by atoms with van der Waals surface area (Å²) in [7, 11) is 1.49. The largest absolute Gasteiger partial charge is 0.494 e. The summed E-state index contributed by atoms with van der Waals surface area (Å²) in [5.74, 6) is 0.926. The third-order valence-corrected chi connectivity index (χ3v) is 4.16. The number of carbonyl (C=O) groups is 1. The Morgan fingerprint density at radius 3 is 2.42 bits per heavy atom. The average molecular weight is 302 g/mol. The smallest absolute Gasteiger partial charge is 0.259 e. The van der Waals surface area contributed by atoms with E-state index < -0.39 is 0 Å². The Bertz CT molecular complexity index is 483. The van der Waals surface area contributed by atoms with Crippen molar-refractivity contribution in [1.82, 2.24) is 4.90 Å². The predicted octanol–water partition coefficient (Wildman–Crippen LogP) is 3.87. The summed E-state index contributed by atoms with van der Waals surface area (Å²) in [5, 5.41) is 0.783. The van der Waals surface area contributed by atoms with Gasteiger partial charge in [0.1, 0.15) is 5.56 Å². The molecule has 1 aromatic carbocycles. The molecule has 1 aliphatic heterocycles. The minimum absolute atomic E-state index is 0.101. The van der Waals surface area contributed by atoms with E-state index in [1.165, 1.54) is 7.11 Å². The molecule has 0 atom stereocenters. The lowest BCUT2D eigenvalue weighted by molar-refractivity contribution is 0.0694. The number of carbonyl (C=O) groups excluding carboxylic acids is 1. The van der Waals surface area contributed by atoms with Crippen LogP contribution in [-0.4, -0.2) is 31.0 Å². The van der Waals surface area contributed by atoms with Crippen LogP contribution in [0.25, 0.3) is 0 Å². The summed E-state index contributed by atoms with van der Waals surface area (Å²) >= 11 is 12.2. The van der Waals surface area contributed by atoms with E-state index in [9.17, 15) is 4.79 Å². The molecule has 19 heavy (non-hydrogen) atoms. The number of rotatable bonds is 2. The van der Waals surface area contributed by atoms with Gasteiger partial charge >= 0.3 is 0 Å². The Labute approximate surface area is 123 Å². The van der Waals surface area contributed by atoms with Crippen molar-refractivity contribution in [3.8, 4) is 5.75 Å². The van der Waals surface area contributed by atoms with Gasteiger partial charge in [-0.25, -0.2) is 0 Å². The lowest BCUT2D eigenvalue weighted by atomic mass is 9.98. The van der Waals surface area contributed by atoms with Crippen molar-refractivity contribution in [3.63, 3.8) is 0 Å². The van der Waals surface area contributed by atoms with Crippen molar-refractivity contribution in [2.75, 3.05) is 20.2 Å². The molecule has 0 radical (unpaired) electrons. The molecule has 0 spiro atoms. The van der Waals surface area contributed by atoms with Crippen LogP contribution in [0.1, 0.15) is 30.1 Å². The molecule has 2 rings (SSSR count). The minimum Gasteiger partial charge on any atom is -0.494 e. The molecule has 1 amide bonds. The third-order valence-electron chi connectivity index (χ3n) is 3.55. The number of amides is 1. The number of hydrogen-bond donors (Lipinski definition) is 0. The van der Waals surface area contributed by atoms with E-state index in [2.05, 4.69) is 6.92 Å². The number of hydrogen-bond acceptors (Lipinski definition) is 2. The lowest BCUT2D eigenvalue weighted by Crippen LogP contribution is -2.38. The quantitative estimate of drug-likeness (QED) is 0.830. The molecule has 0 aliphatic carbocycles. The van der Waals surface area contributed by atoms with Crippen LogP contribution in [0.5, 0.6) is 5.75 Å². The van der Waals surface area contributed by atoms with E-state index in [-0.39, 0.29) is 5.91 Å². The number of halogens is 2. The first-order chi connectivity index (χ1) is 9.04. The first-order valence-electron chi connectivity index (χ1n) is 6.36. The molecule has 0 N–H and O–H groups in total. The Balaban J connectivity index is 2.31. The SMILES string of the molecule is COc1c(Cl)ccc(Cl)c1C(=O)N1CCC(C)CC1. The number of piperidine rings is 1. The van der Waals surface area contributed by atoms with Crippen LogP contribution in [0.2, 0.25) is 10.0 Å². The Kier molecular flexibility index (Phi) is 4.58. The van der Waals surface area contributed by atoms with Gasteiger partial charge in [0, 0.05) is 13.1 Å². The topological polar surface area (TPSA) is 29.5 Å². The number of likely N-dealkylation sites (tertiary alicyclic amines) is 1. The molecule has 3 nitrogen and oxygen atoms in total. The van der Waals surface area contributed by atoms with Crippen molar-refractivity contribution < 1.29 is 9.53 Å². The average Bonchev–Trinajstić information content (AvgIpc) is 2.41. The molecule has 1 aromatic rings. The zero-order valence-electron chi connectivity index (χ0n) is 11.1. The Hall–Kier alpha value is -0.930. The van der Waals surface area contributed by atoms with Crippen molar-refractivity contribution in [2.24, 2.45) is 5.92 Å². The second-order valence-corrected chi connectivity index (χ2v) is 5.73. The predicted molar refractivity (Wildman–Crippen MR) is 77.3 cm³/mol. The third kappa shape index (κ3) is 2.98. The van der Waals surface area contributed by atoms with Gasteiger partial charge in [-0.1, -0.05) is 30.1 Å². The highest BCUT2D eigenvalue weighted by Crippen LogP contribution is 2.35. The maximum absolute atomic E-state index is 12.6. The van der Waals surface area contributed by atoms with Crippen molar-refractivity contribution in [1.29, 1.82) is 0 Å². The molecule has 1 saturated heterocycles. The molecule has 0 saturated carbocycles. The van der Waals surface area contributed by atoms with Crippen LogP contribution in [-0.2, 0) is 0 Å². The summed E-state index contributed by atoms with van der Waals surface area (Å²) in [6.07, 6.45) is 2.04. The van der Waals surface area contributed by atoms with E-state index >= 15 is 0 Å². The zero-order valence-corrected chi connectivity index (χ0v) is 12.6. The van der Waals surface area contributed by atoms with Crippen LogP contribution in [0, 0.1) is 5.92 Å². The fourth-order valence-corrected chi connectivity index (χ4v) is 2.77. The van der Waals surface area contributed by atoms with Gasteiger partial charge in [-0.3, -0.25) is 4.79 Å². The van der Waals surface area contributed by atoms with Crippen LogP contribution in [0.3, 0.4) is 0 Å².